The summed E-state index contributed by atoms with van der Waals surface area (Å²) < 4.78 is 0. The Morgan fingerprint density at radius 2 is 1.19 bits per heavy atom. The van der Waals surface area contributed by atoms with E-state index in [0.29, 0.717) is 28.9 Å². The highest BCUT2D eigenvalue weighted by atomic mass is 16.2. The van der Waals surface area contributed by atoms with Gasteiger partial charge in [0.1, 0.15) is 0 Å². The van der Waals surface area contributed by atoms with Crippen molar-refractivity contribution in [3.8, 4) is 6.07 Å². The van der Waals surface area contributed by atoms with E-state index in [9.17, 15) is 9.59 Å². The largest absolute Gasteiger partial charge is 0.322 e. The maximum atomic E-state index is 12.3. The van der Waals surface area contributed by atoms with Crippen molar-refractivity contribution in [2.75, 3.05) is 10.6 Å². The number of amides is 2. The van der Waals surface area contributed by atoms with Gasteiger partial charge in [-0.1, -0.05) is 30.3 Å². The fourth-order valence-corrected chi connectivity index (χ4v) is 2.50. The number of carbonyl (C=O) groups excluding carboxylic acids is 2. The van der Waals surface area contributed by atoms with Crippen LogP contribution in [0.1, 0.15) is 26.3 Å². The number of nitrogens with zero attached hydrogens (tertiary/aromatic N) is 1. The molecule has 0 spiro atoms. The van der Waals surface area contributed by atoms with Crippen LogP contribution in [0.25, 0.3) is 0 Å². The molecule has 27 heavy (non-hydrogen) atoms. The SMILES string of the molecule is N#CCc1ccc(NC(=O)c2ccc(NC(=O)c3ccccc3)cc2)cc1. The summed E-state index contributed by atoms with van der Waals surface area (Å²) in [6, 6.07) is 24.8. The van der Waals surface area contributed by atoms with E-state index in [1.54, 1.807) is 72.8 Å². The van der Waals surface area contributed by atoms with Crippen molar-refractivity contribution in [3.05, 3.63) is 95.6 Å². The molecule has 0 bridgehead atoms. The van der Waals surface area contributed by atoms with Gasteiger partial charge in [0, 0.05) is 22.5 Å². The van der Waals surface area contributed by atoms with Gasteiger partial charge in [-0.2, -0.15) is 5.26 Å². The van der Waals surface area contributed by atoms with Gasteiger partial charge in [0.15, 0.2) is 0 Å². The normalized spacial score (nSPS) is 9.89. The topological polar surface area (TPSA) is 82.0 Å². The smallest absolute Gasteiger partial charge is 0.255 e. The number of nitriles is 1. The van der Waals surface area contributed by atoms with Crippen molar-refractivity contribution in [2.45, 2.75) is 6.42 Å². The standard InChI is InChI=1S/C22H17N3O2/c23-15-14-16-6-10-19(11-7-16)24-22(27)18-8-12-20(13-9-18)25-21(26)17-4-2-1-3-5-17/h1-13H,14H2,(H,24,27)(H,25,26). The van der Waals surface area contributed by atoms with E-state index in [0.717, 1.165) is 5.56 Å². The van der Waals surface area contributed by atoms with Crippen LogP contribution in [0.3, 0.4) is 0 Å². The second-order valence-corrected chi connectivity index (χ2v) is 5.88. The molecular weight excluding hydrogens is 338 g/mol. The lowest BCUT2D eigenvalue weighted by molar-refractivity contribution is 0.102. The first-order chi connectivity index (χ1) is 13.2. The third-order valence-electron chi connectivity index (χ3n) is 3.94. The molecule has 0 atom stereocenters. The average molecular weight is 355 g/mol. The number of carbonyl (C=O) groups is 2. The zero-order valence-corrected chi connectivity index (χ0v) is 14.5. The summed E-state index contributed by atoms with van der Waals surface area (Å²) in [5, 5.41) is 14.3. The molecule has 0 saturated carbocycles. The maximum Gasteiger partial charge on any atom is 0.255 e. The summed E-state index contributed by atoms with van der Waals surface area (Å²) in [4.78, 5) is 24.5. The Bertz CT molecular complexity index is 973. The van der Waals surface area contributed by atoms with Gasteiger partial charge in [-0.25, -0.2) is 0 Å². The molecule has 0 aliphatic carbocycles. The summed E-state index contributed by atoms with van der Waals surface area (Å²) in [5.41, 5.74) is 3.21. The lowest BCUT2D eigenvalue weighted by Gasteiger charge is -2.08. The molecule has 3 aromatic rings. The third-order valence-corrected chi connectivity index (χ3v) is 3.94. The van der Waals surface area contributed by atoms with Gasteiger partial charge in [-0.05, 0) is 54.1 Å². The molecule has 0 radical (unpaired) electrons. The van der Waals surface area contributed by atoms with Gasteiger partial charge < -0.3 is 10.6 Å². The molecule has 0 heterocycles. The van der Waals surface area contributed by atoms with Crippen LogP contribution in [-0.2, 0) is 6.42 Å². The van der Waals surface area contributed by atoms with E-state index in [4.69, 9.17) is 5.26 Å². The molecule has 0 aliphatic rings. The minimum Gasteiger partial charge on any atom is -0.322 e. The summed E-state index contributed by atoms with van der Waals surface area (Å²) in [6.07, 6.45) is 0.338. The summed E-state index contributed by atoms with van der Waals surface area (Å²) in [7, 11) is 0. The van der Waals surface area contributed by atoms with Crippen molar-refractivity contribution < 1.29 is 9.59 Å². The second kappa shape index (κ2) is 8.45. The van der Waals surface area contributed by atoms with Crippen LogP contribution in [0.4, 0.5) is 11.4 Å². The van der Waals surface area contributed by atoms with Crippen molar-refractivity contribution in [1.29, 1.82) is 5.26 Å². The highest BCUT2D eigenvalue weighted by Crippen LogP contribution is 2.15. The van der Waals surface area contributed by atoms with E-state index in [1.807, 2.05) is 6.07 Å². The Morgan fingerprint density at radius 3 is 1.70 bits per heavy atom. The van der Waals surface area contributed by atoms with Crippen LogP contribution in [0, 0.1) is 11.3 Å². The van der Waals surface area contributed by atoms with Crippen LogP contribution >= 0.6 is 0 Å². The molecule has 0 aliphatic heterocycles. The zero-order chi connectivity index (χ0) is 19.1. The molecular formula is C22H17N3O2. The molecule has 0 aromatic heterocycles. The Hall–Kier alpha value is -3.91. The third kappa shape index (κ3) is 4.80. The van der Waals surface area contributed by atoms with Crippen LogP contribution in [0.15, 0.2) is 78.9 Å². The number of benzene rings is 3. The van der Waals surface area contributed by atoms with Gasteiger partial charge in [-0.3, -0.25) is 9.59 Å². The minimum absolute atomic E-state index is 0.203. The van der Waals surface area contributed by atoms with Crippen molar-refractivity contribution in [3.63, 3.8) is 0 Å². The van der Waals surface area contributed by atoms with E-state index >= 15 is 0 Å². The average Bonchev–Trinajstić information content (AvgIpc) is 2.71. The van der Waals surface area contributed by atoms with Crippen LogP contribution < -0.4 is 10.6 Å². The van der Waals surface area contributed by atoms with Crippen molar-refractivity contribution in [1.82, 2.24) is 0 Å². The van der Waals surface area contributed by atoms with Gasteiger partial charge in [0.25, 0.3) is 11.8 Å². The van der Waals surface area contributed by atoms with E-state index in [2.05, 4.69) is 16.7 Å². The molecule has 0 fully saturated rings. The molecule has 5 nitrogen and oxygen atoms in total. The lowest BCUT2D eigenvalue weighted by Crippen LogP contribution is -2.13. The Kier molecular flexibility index (Phi) is 5.60. The Labute approximate surface area is 157 Å². The number of hydrogen-bond acceptors (Lipinski definition) is 3. The van der Waals surface area contributed by atoms with E-state index in [-0.39, 0.29) is 11.8 Å². The zero-order valence-electron chi connectivity index (χ0n) is 14.5. The molecule has 5 heteroatoms. The van der Waals surface area contributed by atoms with Gasteiger partial charge in [0.2, 0.25) is 0 Å². The molecule has 132 valence electrons. The fraction of sp³-hybridized carbons (Fsp3) is 0.0455. The molecule has 3 rings (SSSR count). The van der Waals surface area contributed by atoms with Crippen LogP contribution in [-0.4, -0.2) is 11.8 Å². The highest BCUT2D eigenvalue weighted by Gasteiger charge is 2.08. The fourth-order valence-electron chi connectivity index (χ4n) is 2.50. The molecule has 0 unspecified atom stereocenters. The number of nitrogens with one attached hydrogen (secondary N) is 2. The maximum absolute atomic E-state index is 12.3. The predicted octanol–water partition coefficient (Wildman–Crippen LogP) is 4.26. The molecule has 2 amide bonds. The van der Waals surface area contributed by atoms with Crippen LogP contribution in [0.2, 0.25) is 0 Å². The Balaban J connectivity index is 1.61. The predicted molar refractivity (Wildman–Crippen MR) is 105 cm³/mol. The number of hydrogen-bond donors (Lipinski definition) is 2. The number of rotatable bonds is 5. The first-order valence-corrected chi connectivity index (χ1v) is 8.39. The van der Waals surface area contributed by atoms with E-state index < -0.39 is 0 Å². The highest BCUT2D eigenvalue weighted by molar-refractivity contribution is 6.06. The van der Waals surface area contributed by atoms with Crippen molar-refractivity contribution >= 4 is 23.2 Å². The number of anilines is 2. The van der Waals surface area contributed by atoms with Crippen molar-refractivity contribution in [2.24, 2.45) is 0 Å². The molecule has 2 N–H and O–H groups in total. The lowest BCUT2D eigenvalue weighted by atomic mass is 10.1. The van der Waals surface area contributed by atoms with E-state index in [1.165, 1.54) is 0 Å². The Morgan fingerprint density at radius 1 is 0.704 bits per heavy atom. The monoisotopic (exact) mass is 355 g/mol. The van der Waals surface area contributed by atoms with Gasteiger partial charge >= 0.3 is 0 Å². The first kappa shape index (κ1) is 17.9. The summed E-state index contributed by atoms with van der Waals surface area (Å²) in [6.45, 7) is 0. The first-order valence-electron chi connectivity index (χ1n) is 8.39. The molecule has 3 aromatic carbocycles. The second-order valence-electron chi connectivity index (χ2n) is 5.88. The van der Waals surface area contributed by atoms with Crippen LogP contribution in [0.5, 0.6) is 0 Å². The quantitative estimate of drug-likeness (QED) is 0.717. The van der Waals surface area contributed by atoms with Gasteiger partial charge in [-0.15, -0.1) is 0 Å². The summed E-state index contributed by atoms with van der Waals surface area (Å²) in [5.74, 6) is -0.450. The minimum atomic E-state index is -0.246. The van der Waals surface area contributed by atoms with Gasteiger partial charge in [0.05, 0.1) is 12.5 Å². The summed E-state index contributed by atoms with van der Waals surface area (Å²) >= 11 is 0. The molecule has 0 saturated heterocycles.